The molecule has 0 spiro atoms. The Morgan fingerprint density at radius 1 is 1.00 bits per heavy atom. The van der Waals surface area contributed by atoms with Gasteiger partial charge < -0.3 is 19.3 Å². The number of piperazine rings is 1. The lowest BCUT2D eigenvalue weighted by molar-refractivity contribution is -0.136. The van der Waals surface area contributed by atoms with E-state index in [1.165, 1.54) is 0 Å². The summed E-state index contributed by atoms with van der Waals surface area (Å²) < 4.78 is 10.9. The Balaban J connectivity index is 1.51. The fourth-order valence-corrected chi connectivity index (χ4v) is 3.53. The van der Waals surface area contributed by atoms with Gasteiger partial charge in [-0.15, -0.1) is 0 Å². The van der Waals surface area contributed by atoms with E-state index in [0.717, 1.165) is 11.1 Å². The SMILES string of the molecule is CCOc1ccc(/C=C/C(=O)N2CCN(C(=O)Cc3ccc(Cl)cc3)CC2)cc1OC. The van der Waals surface area contributed by atoms with Crippen LogP contribution in [0.2, 0.25) is 5.02 Å². The zero-order valence-electron chi connectivity index (χ0n) is 17.8. The van der Waals surface area contributed by atoms with Crippen LogP contribution < -0.4 is 9.47 Å². The maximum Gasteiger partial charge on any atom is 0.246 e. The third kappa shape index (κ3) is 6.25. The van der Waals surface area contributed by atoms with Crippen molar-refractivity contribution in [2.24, 2.45) is 0 Å². The minimum Gasteiger partial charge on any atom is -0.493 e. The molecule has 1 saturated heterocycles. The number of carbonyl (C=O) groups is 2. The van der Waals surface area contributed by atoms with Crippen LogP contribution in [0.25, 0.3) is 6.08 Å². The highest BCUT2D eigenvalue weighted by Gasteiger charge is 2.23. The zero-order chi connectivity index (χ0) is 22.2. The number of hydrogen-bond acceptors (Lipinski definition) is 4. The van der Waals surface area contributed by atoms with E-state index < -0.39 is 0 Å². The van der Waals surface area contributed by atoms with Gasteiger partial charge in [0, 0.05) is 37.3 Å². The monoisotopic (exact) mass is 442 g/mol. The van der Waals surface area contributed by atoms with Crippen LogP contribution in [-0.2, 0) is 16.0 Å². The molecule has 0 radical (unpaired) electrons. The van der Waals surface area contributed by atoms with Gasteiger partial charge in [-0.1, -0.05) is 29.8 Å². The van der Waals surface area contributed by atoms with Crippen molar-refractivity contribution in [3.8, 4) is 11.5 Å². The normalized spacial score (nSPS) is 14.0. The smallest absolute Gasteiger partial charge is 0.246 e. The number of halogens is 1. The Kier molecular flexibility index (Phi) is 7.95. The minimum absolute atomic E-state index is 0.0615. The topological polar surface area (TPSA) is 59.1 Å². The zero-order valence-corrected chi connectivity index (χ0v) is 18.6. The van der Waals surface area contributed by atoms with Crippen LogP contribution in [-0.4, -0.2) is 61.5 Å². The van der Waals surface area contributed by atoms with E-state index in [2.05, 4.69) is 0 Å². The van der Waals surface area contributed by atoms with Gasteiger partial charge >= 0.3 is 0 Å². The summed E-state index contributed by atoms with van der Waals surface area (Å²) in [5, 5.41) is 0.653. The van der Waals surface area contributed by atoms with Gasteiger partial charge in [-0.3, -0.25) is 9.59 Å². The van der Waals surface area contributed by atoms with Crippen molar-refractivity contribution in [1.82, 2.24) is 9.80 Å². The quantitative estimate of drug-likeness (QED) is 0.614. The maximum absolute atomic E-state index is 12.6. The summed E-state index contributed by atoms with van der Waals surface area (Å²) in [5.74, 6) is 1.29. The molecule has 2 aromatic rings. The molecular weight excluding hydrogens is 416 g/mol. The van der Waals surface area contributed by atoms with E-state index in [1.807, 2.05) is 37.3 Å². The van der Waals surface area contributed by atoms with Crippen LogP contribution in [0.3, 0.4) is 0 Å². The maximum atomic E-state index is 12.6. The molecule has 0 unspecified atom stereocenters. The molecule has 0 bridgehead atoms. The Bertz CT molecular complexity index is 935. The molecular formula is C24H27ClN2O4. The van der Waals surface area contributed by atoms with Gasteiger partial charge in [0.25, 0.3) is 0 Å². The standard InChI is InChI=1S/C24H27ClN2O4/c1-3-31-21-10-6-18(16-22(21)30-2)7-11-23(28)26-12-14-27(15-13-26)24(29)17-19-4-8-20(25)9-5-19/h4-11,16H,3,12-15,17H2,1-2H3/b11-7+. The second-order valence-electron chi connectivity index (χ2n) is 7.19. The van der Waals surface area contributed by atoms with Crippen molar-refractivity contribution < 1.29 is 19.1 Å². The average Bonchev–Trinajstić information content (AvgIpc) is 2.80. The number of ether oxygens (including phenoxy) is 2. The molecule has 164 valence electrons. The first kappa shape index (κ1) is 22.7. The summed E-state index contributed by atoms with van der Waals surface area (Å²) in [6.07, 6.45) is 3.66. The summed E-state index contributed by atoms with van der Waals surface area (Å²) in [6.45, 7) is 4.56. The summed E-state index contributed by atoms with van der Waals surface area (Å²) in [5.41, 5.74) is 1.78. The van der Waals surface area contributed by atoms with Crippen molar-refractivity contribution >= 4 is 29.5 Å². The molecule has 3 rings (SSSR count). The largest absolute Gasteiger partial charge is 0.493 e. The fourth-order valence-electron chi connectivity index (χ4n) is 3.40. The van der Waals surface area contributed by atoms with Crippen molar-refractivity contribution in [2.45, 2.75) is 13.3 Å². The highest BCUT2D eigenvalue weighted by molar-refractivity contribution is 6.30. The van der Waals surface area contributed by atoms with Gasteiger partial charge in [0.05, 0.1) is 20.1 Å². The van der Waals surface area contributed by atoms with E-state index in [9.17, 15) is 9.59 Å². The number of amides is 2. The lowest BCUT2D eigenvalue weighted by Crippen LogP contribution is -2.50. The van der Waals surface area contributed by atoms with E-state index in [-0.39, 0.29) is 11.8 Å². The van der Waals surface area contributed by atoms with Crippen LogP contribution in [0.4, 0.5) is 0 Å². The van der Waals surface area contributed by atoms with Crippen molar-refractivity contribution in [3.05, 3.63) is 64.7 Å². The Hall–Kier alpha value is -2.99. The van der Waals surface area contributed by atoms with Gasteiger partial charge in [0.15, 0.2) is 11.5 Å². The molecule has 0 N–H and O–H groups in total. The molecule has 31 heavy (non-hydrogen) atoms. The molecule has 0 saturated carbocycles. The molecule has 6 nitrogen and oxygen atoms in total. The average molecular weight is 443 g/mol. The number of carbonyl (C=O) groups excluding carboxylic acids is 2. The van der Waals surface area contributed by atoms with Gasteiger partial charge in [-0.2, -0.15) is 0 Å². The number of rotatable bonds is 7. The molecule has 1 heterocycles. The van der Waals surface area contributed by atoms with Crippen molar-refractivity contribution in [2.75, 3.05) is 39.9 Å². The highest BCUT2D eigenvalue weighted by atomic mass is 35.5. The van der Waals surface area contributed by atoms with Crippen LogP contribution in [0.15, 0.2) is 48.5 Å². The predicted octanol–water partition coefficient (Wildman–Crippen LogP) is 3.67. The summed E-state index contributed by atoms with van der Waals surface area (Å²) in [7, 11) is 1.59. The highest BCUT2D eigenvalue weighted by Crippen LogP contribution is 2.28. The molecule has 0 aromatic heterocycles. The van der Waals surface area contributed by atoms with Crippen LogP contribution in [0, 0.1) is 0 Å². The van der Waals surface area contributed by atoms with Gasteiger partial charge in [0.1, 0.15) is 0 Å². The first-order chi connectivity index (χ1) is 15.0. The second kappa shape index (κ2) is 10.9. The third-order valence-electron chi connectivity index (χ3n) is 5.12. The van der Waals surface area contributed by atoms with Crippen molar-refractivity contribution in [3.63, 3.8) is 0 Å². The third-order valence-corrected chi connectivity index (χ3v) is 5.37. The Labute approximate surface area is 188 Å². The number of methoxy groups -OCH3 is 1. The molecule has 1 aliphatic heterocycles. The van der Waals surface area contributed by atoms with Gasteiger partial charge in [-0.25, -0.2) is 0 Å². The molecule has 7 heteroatoms. The van der Waals surface area contributed by atoms with Crippen molar-refractivity contribution in [1.29, 1.82) is 0 Å². The number of benzene rings is 2. The Morgan fingerprint density at radius 3 is 2.32 bits per heavy atom. The van der Waals surface area contributed by atoms with Crippen LogP contribution >= 0.6 is 11.6 Å². The Morgan fingerprint density at radius 2 is 1.68 bits per heavy atom. The minimum atomic E-state index is -0.0716. The van der Waals surface area contributed by atoms with E-state index in [4.69, 9.17) is 21.1 Å². The van der Waals surface area contributed by atoms with E-state index >= 15 is 0 Å². The summed E-state index contributed by atoms with van der Waals surface area (Å²) in [6, 6.07) is 12.8. The number of nitrogens with zero attached hydrogens (tertiary/aromatic N) is 2. The molecule has 2 aromatic carbocycles. The molecule has 1 aliphatic rings. The molecule has 1 fully saturated rings. The summed E-state index contributed by atoms with van der Waals surface area (Å²) >= 11 is 5.89. The first-order valence-electron chi connectivity index (χ1n) is 10.3. The summed E-state index contributed by atoms with van der Waals surface area (Å²) in [4.78, 5) is 28.7. The van der Waals surface area contributed by atoms with Crippen LogP contribution in [0.1, 0.15) is 18.1 Å². The lowest BCUT2D eigenvalue weighted by atomic mass is 10.1. The fraction of sp³-hybridized carbons (Fsp3) is 0.333. The lowest BCUT2D eigenvalue weighted by Gasteiger charge is -2.34. The van der Waals surface area contributed by atoms with Gasteiger partial charge in [0.2, 0.25) is 11.8 Å². The predicted molar refractivity (Wildman–Crippen MR) is 122 cm³/mol. The molecule has 2 amide bonds. The first-order valence-corrected chi connectivity index (χ1v) is 10.7. The van der Waals surface area contributed by atoms with E-state index in [0.29, 0.717) is 55.7 Å². The number of hydrogen-bond donors (Lipinski definition) is 0. The molecule has 0 atom stereocenters. The van der Waals surface area contributed by atoms with E-state index in [1.54, 1.807) is 41.2 Å². The van der Waals surface area contributed by atoms with Gasteiger partial charge in [-0.05, 0) is 48.4 Å². The second-order valence-corrected chi connectivity index (χ2v) is 7.62. The molecule has 0 aliphatic carbocycles. The van der Waals surface area contributed by atoms with Crippen LogP contribution in [0.5, 0.6) is 11.5 Å².